The number of carboxylic acids is 1. The molecule has 1 amide bonds. The summed E-state index contributed by atoms with van der Waals surface area (Å²) >= 11 is 0. The lowest BCUT2D eigenvalue weighted by atomic mass is 10.2. The number of amides is 1. The van der Waals surface area contributed by atoms with Gasteiger partial charge in [-0.25, -0.2) is 14.8 Å². The van der Waals surface area contributed by atoms with Crippen molar-refractivity contribution in [2.24, 2.45) is 0 Å². The molecule has 140 valence electrons. The summed E-state index contributed by atoms with van der Waals surface area (Å²) in [5.74, 6) is 0.868. The van der Waals surface area contributed by atoms with Gasteiger partial charge < -0.3 is 10.1 Å². The van der Waals surface area contributed by atoms with E-state index in [2.05, 4.69) is 50.5 Å². The van der Waals surface area contributed by atoms with Crippen molar-refractivity contribution in [1.29, 1.82) is 0 Å². The highest BCUT2D eigenvalue weighted by Crippen LogP contribution is 2.32. The molecule has 0 saturated carbocycles. The minimum absolute atomic E-state index is 0.0430. The normalized spacial score (nSPS) is 10.4. The summed E-state index contributed by atoms with van der Waals surface area (Å²) in [6, 6.07) is 16.4. The fraction of sp³-hybridized carbons (Fsp3) is 0. The van der Waals surface area contributed by atoms with Crippen molar-refractivity contribution in [2.45, 2.75) is 0 Å². The van der Waals surface area contributed by atoms with E-state index in [4.69, 9.17) is 11.5 Å². The van der Waals surface area contributed by atoms with Gasteiger partial charge in [0.2, 0.25) is 5.95 Å². The summed E-state index contributed by atoms with van der Waals surface area (Å²) in [7, 11) is 0. The molecule has 0 bridgehead atoms. The molecule has 0 spiro atoms. The van der Waals surface area contributed by atoms with Gasteiger partial charge in [0.05, 0.1) is 16.6 Å². The number of aromatic carboxylic acids is 1. The van der Waals surface area contributed by atoms with E-state index < -0.39 is 11.9 Å². The standard InChI is InChI=1S/C16H10N4O3.C6H4/c1-2-9-5-4-8-17-12(9)14(21)20-16-18-11-7-3-6-10(15(22)23)13(11)19-16;1-2-5-4-6(5)3-1/h1,3-8H,(H,22,23)(H2,18,19,20,21);1-4H. The highest BCUT2D eigenvalue weighted by Gasteiger charge is 2.16. The number of aromatic nitrogens is 3. The Hall–Kier alpha value is -4.44. The summed E-state index contributed by atoms with van der Waals surface area (Å²) in [6.07, 6.45) is 6.79. The minimum atomic E-state index is -1.10. The Labute approximate surface area is 165 Å². The van der Waals surface area contributed by atoms with Crippen molar-refractivity contribution in [3.8, 4) is 23.5 Å². The van der Waals surface area contributed by atoms with Crippen LogP contribution in [0.5, 0.6) is 0 Å². The maximum atomic E-state index is 12.2. The lowest BCUT2D eigenvalue weighted by Gasteiger charge is -2.02. The number of hydrogen-bond acceptors (Lipinski definition) is 4. The molecule has 2 heterocycles. The smallest absolute Gasteiger partial charge is 0.337 e. The number of rotatable bonds is 3. The number of nitrogens with one attached hydrogen (secondary N) is 2. The van der Waals surface area contributed by atoms with Crippen LogP contribution >= 0.6 is 0 Å². The van der Waals surface area contributed by atoms with Gasteiger partial charge in [-0.15, -0.1) is 6.42 Å². The SMILES string of the molecule is C#Cc1cccnc1C(=O)Nc1nc2c(C(=O)O)cccc2[nH]1.c1cc2cc-2c1. The monoisotopic (exact) mass is 382 g/mol. The molecule has 7 nitrogen and oxygen atoms in total. The predicted molar refractivity (Wildman–Crippen MR) is 109 cm³/mol. The molecule has 5 rings (SSSR count). The number of carbonyl (C=O) groups is 2. The molecule has 0 atom stereocenters. The number of para-hydroxylation sites is 1. The number of carbonyl (C=O) groups excluding carboxylic acids is 1. The molecule has 29 heavy (non-hydrogen) atoms. The summed E-state index contributed by atoms with van der Waals surface area (Å²) in [6.45, 7) is 0. The van der Waals surface area contributed by atoms with E-state index in [0.29, 0.717) is 11.1 Å². The molecule has 0 saturated heterocycles. The Morgan fingerprint density at radius 3 is 2.45 bits per heavy atom. The number of nitrogens with zero attached hydrogens (tertiary/aromatic N) is 2. The second-order valence-corrected chi connectivity index (χ2v) is 6.17. The van der Waals surface area contributed by atoms with Crippen molar-refractivity contribution in [2.75, 3.05) is 5.32 Å². The number of anilines is 1. The predicted octanol–water partition coefficient (Wildman–Crippen LogP) is 3.56. The van der Waals surface area contributed by atoms with Gasteiger partial charge in [0.25, 0.3) is 5.91 Å². The zero-order chi connectivity index (χ0) is 20.4. The third-order valence-corrected chi connectivity index (χ3v) is 4.27. The van der Waals surface area contributed by atoms with Gasteiger partial charge in [-0.1, -0.05) is 30.2 Å². The molecule has 3 aromatic rings. The first-order valence-electron chi connectivity index (χ1n) is 8.62. The van der Waals surface area contributed by atoms with Gasteiger partial charge in [0.1, 0.15) is 11.2 Å². The number of terminal acetylenes is 1. The molecule has 1 aromatic carbocycles. The van der Waals surface area contributed by atoms with E-state index in [1.807, 2.05) is 0 Å². The second-order valence-electron chi connectivity index (χ2n) is 6.17. The van der Waals surface area contributed by atoms with E-state index in [0.717, 1.165) is 0 Å². The number of carboxylic acid groups (broad SMARTS) is 1. The largest absolute Gasteiger partial charge is 0.478 e. The van der Waals surface area contributed by atoms with Crippen LogP contribution in [0.25, 0.3) is 22.2 Å². The number of pyridine rings is 1. The van der Waals surface area contributed by atoms with E-state index in [1.165, 1.54) is 23.4 Å². The summed E-state index contributed by atoms with van der Waals surface area (Å²) in [5.41, 5.74) is 4.10. The highest BCUT2D eigenvalue weighted by atomic mass is 16.4. The lowest BCUT2D eigenvalue weighted by molar-refractivity contribution is 0.0698. The average Bonchev–Trinajstić information content (AvgIpc) is 3.12. The Morgan fingerprint density at radius 1 is 1.07 bits per heavy atom. The van der Waals surface area contributed by atoms with Crippen molar-refractivity contribution < 1.29 is 14.7 Å². The second kappa shape index (κ2) is 7.29. The van der Waals surface area contributed by atoms with Gasteiger partial charge >= 0.3 is 5.97 Å². The fourth-order valence-electron chi connectivity index (χ4n) is 2.81. The number of H-pyrrole nitrogens is 1. The summed E-state index contributed by atoms with van der Waals surface area (Å²) in [5, 5.41) is 11.7. The van der Waals surface area contributed by atoms with Gasteiger partial charge in [0.15, 0.2) is 0 Å². The fourth-order valence-corrected chi connectivity index (χ4v) is 2.81. The number of hydrogen-bond donors (Lipinski definition) is 3. The van der Waals surface area contributed by atoms with E-state index >= 15 is 0 Å². The zero-order valence-electron chi connectivity index (χ0n) is 15.0. The van der Waals surface area contributed by atoms with Gasteiger partial charge in [-0.3, -0.25) is 10.1 Å². The Balaban J connectivity index is 0.000000286. The van der Waals surface area contributed by atoms with Crippen LogP contribution in [-0.4, -0.2) is 31.9 Å². The molecule has 3 N–H and O–H groups in total. The first kappa shape index (κ1) is 17.9. The average molecular weight is 382 g/mol. The summed E-state index contributed by atoms with van der Waals surface area (Å²) in [4.78, 5) is 34.3. The molecule has 0 unspecified atom stereocenters. The lowest BCUT2D eigenvalue weighted by Crippen LogP contribution is -2.16. The van der Waals surface area contributed by atoms with Gasteiger partial charge in [-0.2, -0.15) is 0 Å². The summed E-state index contributed by atoms with van der Waals surface area (Å²) < 4.78 is 0. The molecule has 0 radical (unpaired) electrons. The molecule has 2 aliphatic rings. The van der Waals surface area contributed by atoms with Crippen LogP contribution in [0.15, 0.2) is 60.8 Å². The van der Waals surface area contributed by atoms with Crippen LogP contribution in [0.4, 0.5) is 5.95 Å². The van der Waals surface area contributed by atoms with Crippen LogP contribution in [0, 0.1) is 12.3 Å². The third-order valence-electron chi connectivity index (χ3n) is 4.27. The molecule has 0 aliphatic heterocycles. The first-order chi connectivity index (χ1) is 14.1. The number of imidazole rings is 1. The van der Waals surface area contributed by atoms with Crippen LogP contribution in [0.1, 0.15) is 26.4 Å². The van der Waals surface area contributed by atoms with Crippen LogP contribution in [0.2, 0.25) is 0 Å². The van der Waals surface area contributed by atoms with E-state index in [1.54, 1.807) is 24.3 Å². The molecular formula is C22H14N4O3. The number of benzene rings is 2. The maximum Gasteiger partial charge on any atom is 0.337 e. The van der Waals surface area contributed by atoms with Crippen LogP contribution < -0.4 is 5.32 Å². The number of fused-ring (bicyclic) bond motifs is 2. The van der Waals surface area contributed by atoms with Crippen LogP contribution in [-0.2, 0) is 0 Å². The van der Waals surface area contributed by atoms with Gasteiger partial charge in [-0.05, 0) is 41.5 Å². The topological polar surface area (TPSA) is 108 Å². The molecular weight excluding hydrogens is 368 g/mol. The molecule has 7 heteroatoms. The minimum Gasteiger partial charge on any atom is -0.478 e. The Kier molecular flexibility index (Phi) is 4.51. The van der Waals surface area contributed by atoms with Crippen molar-refractivity contribution in [3.63, 3.8) is 0 Å². The van der Waals surface area contributed by atoms with E-state index in [-0.39, 0.29) is 22.7 Å². The number of aromatic amines is 1. The first-order valence-corrected chi connectivity index (χ1v) is 8.62. The van der Waals surface area contributed by atoms with Crippen molar-refractivity contribution in [1.82, 2.24) is 15.0 Å². The molecule has 2 aromatic heterocycles. The Morgan fingerprint density at radius 2 is 1.83 bits per heavy atom. The van der Waals surface area contributed by atoms with Crippen molar-refractivity contribution >= 4 is 28.9 Å². The van der Waals surface area contributed by atoms with Crippen molar-refractivity contribution in [3.05, 3.63) is 77.6 Å². The Bertz CT molecular complexity index is 1280. The van der Waals surface area contributed by atoms with Crippen LogP contribution in [0.3, 0.4) is 0 Å². The van der Waals surface area contributed by atoms with Gasteiger partial charge in [0, 0.05) is 6.20 Å². The zero-order valence-corrected chi connectivity index (χ0v) is 15.0. The highest BCUT2D eigenvalue weighted by molar-refractivity contribution is 6.05. The maximum absolute atomic E-state index is 12.2. The van der Waals surface area contributed by atoms with E-state index in [9.17, 15) is 9.59 Å². The third kappa shape index (κ3) is 3.68. The quantitative estimate of drug-likeness (QED) is 0.414. The molecule has 0 fully saturated rings. The molecule has 2 aliphatic carbocycles.